The molecular weight excluding hydrogens is 252 g/mol. The number of urea groups is 1. The number of rotatable bonds is 2. The SMILES string of the molecule is COc1ccc(N2C(=O)C3CSCN3C2=O)cc1. The Morgan fingerprint density at radius 3 is 2.61 bits per heavy atom. The standard InChI is InChI=1S/C12H12N2O3S/c1-17-9-4-2-8(3-5-9)14-11(15)10-6-18-7-13(10)12(14)16/h2-5,10H,6-7H2,1H3. The predicted molar refractivity (Wildman–Crippen MR) is 68.8 cm³/mol. The van der Waals surface area contributed by atoms with E-state index in [1.54, 1.807) is 48.0 Å². The fourth-order valence-corrected chi connectivity index (χ4v) is 3.31. The summed E-state index contributed by atoms with van der Waals surface area (Å²) in [4.78, 5) is 27.2. The molecule has 3 rings (SSSR count). The molecule has 94 valence electrons. The molecule has 1 aromatic rings. The molecule has 1 atom stereocenters. The van der Waals surface area contributed by atoms with Crippen LogP contribution in [0, 0.1) is 0 Å². The molecule has 3 amide bonds. The van der Waals surface area contributed by atoms with Gasteiger partial charge in [-0.2, -0.15) is 0 Å². The Bertz CT molecular complexity index is 481. The molecule has 0 aromatic heterocycles. The summed E-state index contributed by atoms with van der Waals surface area (Å²) in [6.07, 6.45) is 0. The van der Waals surface area contributed by atoms with E-state index in [0.29, 0.717) is 23.1 Å². The van der Waals surface area contributed by atoms with Crippen molar-refractivity contribution in [2.24, 2.45) is 0 Å². The molecule has 1 unspecified atom stereocenters. The van der Waals surface area contributed by atoms with Crippen LogP contribution in [0.15, 0.2) is 24.3 Å². The number of hydrogen-bond acceptors (Lipinski definition) is 4. The van der Waals surface area contributed by atoms with E-state index in [4.69, 9.17) is 4.74 Å². The van der Waals surface area contributed by atoms with Crippen LogP contribution in [0.1, 0.15) is 0 Å². The van der Waals surface area contributed by atoms with Gasteiger partial charge in [-0.05, 0) is 24.3 Å². The molecule has 2 heterocycles. The third-order valence-corrected chi connectivity index (χ3v) is 4.17. The monoisotopic (exact) mass is 264 g/mol. The second-order valence-electron chi connectivity index (χ2n) is 4.14. The van der Waals surface area contributed by atoms with E-state index in [9.17, 15) is 9.59 Å². The van der Waals surface area contributed by atoms with E-state index in [1.807, 2.05) is 0 Å². The summed E-state index contributed by atoms with van der Waals surface area (Å²) in [5, 5.41) is 0. The Labute approximate surface area is 109 Å². The van der Waals surface area contributed by atoms with Gasteiger partial charge in [-0.3, -0.25) is 4.79 Å². The van der Waals surface area contributed by atoms with E-state index in [2.05, 4.69) is 0 Å². The molecule has 0 N–H and O–H groups in total. The van der Waals surface area contributed by atoms with Gasteiger partial charge in [-0.25, -0.2) is 9.69 Å². The number of nitrogens with zero attached hydrogens (tertiary/aromatic N) is 2. The van der Waals surface area contributed by atoms with E-state index in [0.717, 1.165) is 0 Å². The van der Waals surface area contributed by atoms with Crippen LogP contribution >= 0.6 is 11.8 Å². The molecule has 1 aromatic carbocycles. The fraction of sp³-hybridized carbons (Fsp3) is 0.333. The van der Waals surface area contributed by atoms with Gasteiger partial charge >= 0.3 is 6.03 Å². The third kappa shape index (κ3) is 1.56. The maximum Gasteiger partial charge on any atom is 0.332 e. The van der Waals surface area contributed by atoms with Gasteiger partial charge < -0.3 is 9.64 Å². The van der Waals surface area contributed by atoms with Crippen LogP contribution in [0.25, 0.3) is 0 Å². The maximum absolute atomic E-state index is 12.2. The first-order valence-corrected chi connectivity index (χ1v) is 6.74. The molecule has 18 heavy (non-hydrogen) atoms. The van der Waals surface area contributed by atoms with Crippen molar-refractivity contribution < 1.29 is 14.3 Å². The largest absolute Gasteiger partial charge is 0.497 e. The molecule has 0 radical (unpaired) electrons. The van der Waals surface area contributed by atoms with Crippen LogP contribution in [0.5, 0.6) is 5.75 Å². The van der Waals surface area contributed by atoms with Crippen LogP contribution < -0.4 is 9.64 Å². The lowest BCUT2D eigenvalue weighted by Gasteiger charge is -2.15. The summed E-state index contributed by atoms with van der Waals surface area (Å²) in [7, 11) is 1.58. The Morgan fingerprint density at radius 1 is 1.28 bits per heavy atom. The lowest BCUT2D eigenvalue weighted by atomic mass is 10.2. The van der Waals surface area contributed by atoms with E-state index in [-0.39, 0.29) is 18.0 Å². The van der Waals surface area contributed by atoms with Crippen molar-refractivity contribution in [2.75, 3.05) is 23.6 Å². The van der Waals surface area contributed by atoms with Crippen LogP contribution in [0.3, 0.4) is 0 Å². The summed E-state index contributed by atoms with van der Waals surface area (Å²) in [6, 6.07) is 6.43. The second-order valence-corrected chi connectivity index (χ2v) is 5.14. The molecule has 0 saturated carbocycles. The molecular formula is C12H12N2O3S. The summed E-state index contributed by atoms with van der Waals surface area (Å²) in [5.41, 5.74) is 0.602. The van der Waals surface area contributed by atoms with Gasteiger partial charge in [-0.15, -0.1) is 11.8 Å². The number of imide groups is 1. The van der Waals surface area contributed by atoms with Gasteiger partial charge in [0.15, 0.2) is 0 Å². The van der Waals surface area contributed by atoms with Gasteiger partial charge in [0, 0.05) is 5.75 Å². The molecule has 2 saturated heterocycles. The van der Waals surface area contributed by atoms with Crippen molar-refractivity contribution in [3.63, 3.8) is 0 Å². The average molecular weight is 264 g/mol. The molecule has 0 bridgehead atoms. The van der Waals surface area contributed by atoms with Crippen LogP contribution in [0.2, 0.25) is 0 Å². The zero-order chi connectivity index (χ0) is 12.7. The molecule has 2 aliphatic rings. The Balaban J connectivity index is 1.92. The summed E-state index contributed by atoms with van der Waals surface area (Å²) < 4.78 is 5.06. The van der Waals surface area contributed by atoms with Gasteiger partial charge in [0.05, 0.1) is 18.7 Å². The number of thioether (sulfide) groups is 1. The molecule has 6 heteroatoms. The first-order chi connectivity index (χ1) is 8.72. The van der Waals surface area contributed by atoms with E-state index in [1.165, 1.54) is 4.90 Å². The number of ether oxygens (including phenoxy) is 1. The zero-order valence-electron chi connectivity index (χ0n) is 9.83. The van der Waals surface area contributed by atoms with Gasteiger partial charge in [0.2, 0.25) is 0 Å². The average Bonchev–Trinajstić information content (AvgIpc) is 2.95. The number of amides is 3. The number of anilines is 1. The molecule has 0 aliphatic carbocycles. The normalized spacial score (nSPS) is 22.6. The van der Waals surface area contributed by atoms with Crippen molar-refractivity contribution in [1.29, 1.82) is 0 Å². The Morgan fingerprint density at radius 2 is 2.00 bits per heavy atom. The number of carbonyl (C=O) groups is 2. The highest BCUT2D eigenvalue weighted by Crippen LogP contribution is 2.33. The van der Waals surface area contributed by atoms with Crippen LogP contribution in [0.4, 0.5) is 10.5 Å². The maximum atomic E-state index is 12.2. The highest BCUT2D eigenvalue weighted by molar-refractivity contribution is 7.99. The van der Waals surface area contributed by atoms with E-state index < -0.39 is 0 Å². The lowest BCUT2D eigenvalue weighted by molar-refractivity contribution is -0.118. The van der Waals surface area contributed by atoms with Crippen LogP contribution in [-0.4, -0.2) is 41.6 Å². The second kappa shape index (κ2) is 4.20. The van der Waals surface area contributed by atoms with Crippen molar-refractivity contribution in [1.82, 2.24) is 4.90 Å². The van der Waals surface area contributed by atoms with Crippen molar-refractivity contribution in [3.05, 3.63) is 24.3 Å². The fourth-order valence-electron chi connectivity index (χ4n) is 2.18. The number of hydrogen-bond donors (Lipinski definition) is 0. The highest BCUT2D eigenvalue weighted by Gasteiger charge is 2.48. The molecule has 0 spiro atoms. The summed E-state index contributed by atoms with van der Waals surface area (Å²) in [6.45, 7) is 0. The zero-order valence-corrected chi connectivity index (χ0v) is 10.6. The number of benzene rings is 1. The minimum atomic E-state index is -0.287. The van der Waals surface area contributed by atoms with Crippen molar-refractivity contribution in [2.45, 2.75) is 6.04 Å². The molecule has 2 fully saturated rings. The third-order valence-electron chi connectivity index (χ3n) is 3.16. The van der Waals surface area contributed by atoms with Gasteiger partial charge in [0.25, 0.3) is 5.91 Å². The number of methoxy groups -OCH3 is 1. The first kappa shape index (κ1) is 11.4. The van der Waals surface area contributed by atoms with Gasteiger partial charge in [0.1, 0.15) is 11.8 Å². The van der Waals surface area contributed by atoms with Crippen LogP contribution in [-0.2, 0) is 4.79 Å². The summed E-state index contributed by atoms with van der Waals surface area (Å²) >= 11 is 1.61. The van der Waals surface area contributed by atoms with E-state index >= 15 is 0 Å². The van der Waals surface area contributed by atoms with Crippen molar-refractivity contribution in [3.8, 4) is 5.75 Å². The minimum Gasteiger partial charge on any atom is -0.497 e. The quantitative estimate of drug-likeness (QED) is 0.760. The first-order valence-electron chi connectivity index (χ1n) is 5.59. The minimum absolute atomic E-state index is 0.129. The Kier molecular flexibility index (Phi) is 2.66. The predicted octanol–water partition coefficient (Wildman–Crippen LogP) is 1.54. The highest BCUT2D eigenvalue weighted by atomic mass is 32.2. The Hall–Kier alpha value is -1.69. The van der Waals surface area contributed by atoms with Crippen molar-refractivity contribution >= 4 is 29.4 Å². The smallest absolute Gasteiger partial charge is 0.332 e. The topological polar surface area (TPSA) is 49.9 Å². The molecule has 2 aliphatic heterocycles. The van der Waals surface area contributed by atoms with Gasteiger partial charge in [-0.1, -0.05) is 0 Å². The number of fused-ring (bicyclic) bond motifs is 1. The molecule has 5 nitrogen and oxygen atoms in total. The lowest BCUT2D eigenvalue weighted by Crippen LogP contribution is -2.32. The summed E-state index contributed by atoms with van der Waals surface area (Å²) in [5.74, 6) is 1.86. The number of carbonyl (C=O) groups excluding carboxylic acids is 2.